The minimum atomic E-state index is -0.209. The van der Waals surface area contributed by atoms with E-state index in [0.29, 0.717) is 12.0 Å². The van der Waals surface area contributed by atoms with Gasteiger partial charge in [0.25, 0.3) is 0 Å². The van der Waals surface area contributed by atoms with Crippen molar-refractivity contribution in [3.8, 4) is 12.3 Å². The van der Waals surface area contributed by atoms with E-state index in [9.17, 15) is 4.79 Å². The molecule has 0 spiro atoms. The molecule has 2 N–H and O–H groups in total. The molecule has 5 heteroatoms. The molecule has 1 atom stereocenters. The third-order valence-electron chi connectivity index (χ3n) is 1.82. The smallest absolute Gasteiger partial charge is 0.228 e. The molecule has 1 amide bonds. The summed E-state index contributed by atoms with van der Waals surface area (Å²) in [6.45, 7) is 1.73. The van der Waals surface area contributed by atoms with Gasteiger partial charge in [0, 0.05) is 5.92 Å². The third-order valence-corrected chi connectivity index (χ3v) is 1.82. The average Bonchev–Trinajstić information content (AvgIpc) is 2.11. The minimum absolute atomic E-state index is 0.170. The van der Waals surface area contributed by atoms with E-state index in [4.69, 9.17) is 10.5 Å². The molecule has 13 heavy (non-hydrogen) atoms. The number of nitrogens with zero attached hydrogens (tertiary/aromatic N) is 2. The van der Waals surface area contributed by atoms with Crippen LogP contribution in [0.5, 0.6) is 0 Å². The van der Waals surface area contributed by atoms with E-state index in [0.717, 1.165) is 0 Å². The number of allylic oxidation sites excluding steroid dienone is 1. The van der Waals surface area contributed by atoms with Gasteiger partial charge in [-0.3, -0.25) is 10.1 Å². The summed E-state index contributed by atoms with van der Waals surface area (Å²) in [4.78, 5) is 11.1. The summed E-state index contributed by atoms with van der Waals surface area (Å²) in [5, 5.41) is 21.7. The molecular weight excluding hydrogens is 168 g/mol. The van der Waals surface area contributed by atoms with Crippen molar-refractivity contribution < 1.29 is 4.79 Å². The lowest BCUT2D eigenvalue weighted by Gasteiger charge is -2.20. The van der Waals surface area contributed by atoms with Gasteiger partial charge < -0.3 is 5.32 Å². The van der Waals surface area contributed by atoms with Crippen molar-refractivity contribution in [1.29, 1.82) is 10.5 Å². The monoisotopic (exact) mass is 176 g/mol. The van der Waals surface area contributed by atoms with Gasteiger partial charge in [-0.2, -0.15) is 10.5 Å². The molecule has 0 aliphatic carbocycles. The molecule has 0 aromatic carbocycles. The summed E-state index contributed by atoms with van der Waals surface area (Å²) in [5.41, 5.74) is 0.411. The predicted molar refractivity (Wildman–Crippen MR) is 43.3 cm³/mol. The molecule has 0 unspecified atom stereocenters. The first kappa shape index (κ1) is 9.08. The Morgan fingerprint density at radius 2 is 2.31 bits per heavy atom. The Balaban J connectivity index is 2.94. The maximum absolute atomic E-state index is 11.1. The van der Waals surface area contributed by atoms with Gasteiger partial charge in [0.15, 0.2) is 6.19 Å². The van der Waals surface area contributed by atoms with Crippen molar-refractivity contribution in [1.82, 2.24) is 10.6 Å². The van der Waals surface area contributed by atoms with E-state index in [1.54, 1.807) is 13.1 Å². The van der Waals surface area contributed by atoms with E-state index in [1.165, 1.54) is 0 Å². The van der Waals surface area contributed by atoms with Crippen LogP contribution < -0.4 is 10.6 Å². The molecule has 0 aromatic heterocycles. The first-order valence-corrected chi connectivity index (χ1v) is 3.78. The standard InChI is InChI=1S/C8H8N4O/c1-5-2-6(3-9)7(11-4-10)12-8(5)13/h5,11H,2H2,1H3,(H,12,13)/t5-/m1/s1. The van der Waals surface area contributed by atoms with E-state index in [2.05, 4.69) is 10.6 Å². The highest BCUT2D eigenvalue weighted by Gasteiger charge is 2.24. The normalized spacial score (nSPS) is 21.5. The molecule has 0 aromatic rings. The van der Waals surface area contributed by atoms with Crippen LogP contribution in [0.25, 0.3) is 0 Å². The van der Waals surface area contributed by atoms with E-state index >= 15 is 0 Å². The quantitative estimate of drug-likeness (QED) is 0.433. The Labute approximate surface area is 75.6 Å². The van der Waals surface area contributed by atoms with Gasteiger partial charge in [0.05, 0.1) is 11.6 Å². The molecular formula is C8H8N4O. The van der Waals surface area contributed by atoms with Gasteiger partial charge >= 0.3 is 0 Å². The van der Waals surface area contributed by atoms with Crippen LogP contribution in [0, 0.1) is 28.7 Å². The van der Waals surface area contributed by atoms with Crippen LogP contribution in [0.3, 0.4) is 0 Å². The lowest BCUT2D eigenvalue weighted by Crippen LogP contribution is -2.38. The number of nitriles is 2. The Kier molecular flexibility index (Phi) is 2.51. The number of carbonyl (C=O) groups excluding carboxylic acids is 1. The van der Waals surface area contributed by atoms with Crippen molar-refractivity contribution >= 4 is 5.91 Å². The molecule has 1 aliphatic heterocycles. The summed E-state index contributed by atoms with van der Waals surface area (Å²) < 4.78 is 0. The number of hydrogen-bond donors (Lipinski definition) is 2. The fourth-order valence-electron chi connectivity index (χ4n) is 1.09. The van der Waals surface area contributed by atoms with E-state index in [1.807, 2.05) is 6.07 Å². The van der Waals surface area contributed by atoms with Gasteiger partial charge in [0.2, 0.25) is 5.91 Å². The first-order chi connectivity index (χ1) is 6.19. The SMILES string of the molecule is C[C@@H]1CC(C#N)=C(NC#N)NC1=O. The zero-order valence-electron chi connectivity index (χ0n) is 7.09. The highest BCUT2D eigenvalue weighted by Crippen LogP contribution is 2.17. The average molecular weight is 176 g/mol. The summed E-state index contributed by atoms with van der Waals surface area (Å²) in [6, 6.07) is 1.94. The van der Waals surface area contributed by atoms with Gasteiger partial charge in [-0.1, -0.05) is 6.92 Å². The summed E-state index contributed by atoms with van der Waals surface area (Å²) in [7, 11) is 0. The molecule has 0 saturated carbocycles. The van der Waals surface area contributed by atoms with Crippen molar-refractivity contribution in [3.63, 3.8) is 0 Å². The lowest BCUT2D eigenvalue weighted by atomic mass is 9.98. The second-order valence-electron chi connectivity index (χ2n) is 2.80. The van der Waals surface area contributed by atoms with Crippen LogP contribution in [0.15, 0.2) is 11.4 Å². The zero-order valence-corrected chi connectivity index (χ0v) is 7.09. The molecule has 0 fully saturated rings. The summed E-state index contributed by atoms with van der Waals surface area (Å²) in [6.07, 6.45) is 2.04. The molecule has 0 saturated heterocycles. The Morgan fingerprint density at radius 1 is 1.62 bits per heavy atom. The van der Waals surface area contributed by atoms with Crippen LogP contribution in [0.1, 0.15) is 13.3 Å². The third kappa shape index (κ3) is 1.77. The minimum Gasteiger partial charge on any atom is -0.311 e. The highest BCUT2D eigenvalue weighted by atomic mass is 16.2. The Morgan fingerprint density at radius 3 is 2.85 bits per heavy atom. The molecule has 0 bridgehead atoms. The second-order valence-corrected chi connectivity index (χ2v) is 2.80. The van der Waals surface area contributed by atoms with Gasteiger partial charge in [-0.05, 0) is 6.42 Å². The summed E-state index contributed by atoms with van der Waals surface area (Å²) >= 11 is 0. The van der Waals surface area contributed by atoms with Crippen LogP contribution in [0.4, 0.5) is 0 Å². The van der Waals surface area contributed by atoms with Gasteiger partial charge in [0.1, 0.15) is 5.82 Å². The largest absolute Gasteiger partial charge is 0.311 e. The van der Waals surface area contributed by atoms with Gasteiger partial charge in [-0.15, -0.1) is 0 Å². The molecule has 5 nitrogen and oxygen atoms in total. The molecule has 66 valence electrons. The molecule has 0 radical (unpaired) electrons. The number of rotatable bonds is 1. The summed E-state index contributed by atoms with van der Waals surface area (Å²) in [5.74, 6) is -0.163. The highest BCUT2D eigenvalue weighted by molar-refractivity contribution is 5.82. The predicted octanol–water partition coefficient (Wildman–Crippen LogP) is -0.0517. The fourth-order valence-corrected chi connectivity index (χ4v) is 1.09. The van der Waals surface area contributed by atoms with Gasteiger partial charge in [-0.25, -0.2) is 0 Å². The Hall–Kier alpha value is -2.01. The van der Waals surface area contributed by atoms with Crippen LogP contribution >= 0.6 is 0 Å². The molecule has 1 aliphatic rings. The zero-order chi connectivity index (χ0) is 9.84. The fraction of sp³-hybridized carbons (Fsp3) is 0.375. The number of amides is 1. The molecule has 1 heterocycles. The lowest BCUT2D eigenvalue weighted by molar-refractivity contribution is -0.124. The Bertz CT molecular complexity index is 344. The van der Waals surface area contributed by atoms with Crippen molar-refractivity contribution in [2.75, 3.05) is 0 Å². The second kappa shape index (κ2) is 3.59. The van der Waals surface area contributed by atoms with E-state index in [-0.39, 0.29) is 17.6 Å². The molecule has 1 rings (SSSR count). The van der Waals surface area contributed by atoms with Crippen LogP contribution in [-0.2, 0) is 4.79 Å². The van der Waals surface area contributed by atoms with Crippen LogP contribution in [-0.4, -0.2) is 5.91 Å². The van der Waals surface area contributed by atoms with Crippen molar-refractivity contribution in [3.05, 3.63) is 11.4 Å². The van der Waals surface area contributed by atoms with E-state index < -0.39 is 0 Å². The topological polar surface area (TPSA) is 88.7 Å². The number of carbonyl (C=O) groups is 1. The first-order valence-electron chi connectivity index (χ1n) is 3.78. The maximum Gasteiger partial charge on any atom is 0.228 e. The van der Waals surface area contributed by atoms with Crippen LogP contribution in [0.2, 0.25) is 0 Å². The maximum atomic E-state index is 11.1. The van der Waals surface area contributed by atoms with Crippen molar-refractivity contribution in [2.24, 2.45) is 5.92 Å². The number of hydrogen-bond acceptors (Lipinski definition) is 4. The number of nitrogens with one attached hydrogen (secondary N) is 2. The van der Waals surface area contributed by atoms with Crippen molar-refractivity contribution in [2.45, 2.75) is 13.3 Å².